The number of rotatable bonds is 4. The first-order chi connectivity index (χ1) is 14.4. The zero-order chi connectivity index (χ0) is 21.4. The average Bonchev–Trinajstić information content (AvgIpc) is 3.31. The van der Waals surface area contributed by atoms with E-state index in [9.17, 15) is 14.7 Å². The number of aliphatic hydroxyl groups is 1. The van der Waals surface area contributed by atoms with Gasteiger partial charge in [-0.1, -0.05) is 77.9 Å². The lowest BCUT2D eigenvalue weighted by molar-refractivity contribution is -0.132. The maximum Gasteiger partial charge on any atom is 0.301 e. The number of amides is 1. The lowest BCUT2D eigenvalue weighted by Crippen LogP contribution is -2.29. The van der Waals surface area contributed by atoms with Gasteiger partial charge >= 0.3 is 5.91 Å². The van der Waals surface area contributed by atoms with E-state index in [1.807, 2.05) is 57.2 Å². The highest BCUT2D eigenvalue weighted by atomic mass is 32.1. The van der Waals surface area contributed by atoms with Gasteiger partial charge in [-0.2, -0.15) is 0 Å². The van der Waals surface area contributed by atoms with Crippen LogP contribution in [0.15, 0.2) is 54.1 Å². The van der Waals surface area contributed by atoms with Crippen molar-refractivity contribution in [3.63, 3.8) is 0 Å². The SMILES string of the molecule is CCc1nnc(N2C(=O)C(=O)/C(=C(/O)c3ccc(C)cc3)C2c2ccc(C)cc2)s1. The van der Waals surface area contributed by atoms with Crippen LogP contribution in [0.1, 0.15) is 40.2 Å². The molecule has 0 bridgehead atoms. The Labute approximate surface area is 178 Å². The maximum atomic E-state index is 13.0. The number of aliphatic hydroxyl groups excluding tert-OH is 1. The van der Waals surface area contributed by atoms with Crippen LogP contribution in [0.5, 0.6) is 0 Å². The Kier molecular flexibility index (Phi) is 5.22. The Morgan fingerprint density at radius 3 is 2.17 bits per heavy atom. The average molecular weight is 420 g/mol. The van der Waals surface area contributed by atoms with Crippen LogP contribution in [0.25, 0.3) is 5.76 Å². The minimum Gasteiger partial charge on any atom is -0.507 e. The number of aryl methyl sites for hydroxylation is 3. The summed E-state index contributed by atoms with van der Waals surface area (Å²) in [6.07, 6.45) is 0.681. The van der Waals surface area contributed by atoms with Gasteiger partial charge in [-0.25, -0.2) is 0 Å². The third-order valence-electron chi connectivity index (χ3n) is 5.13. The number of aromatic nitrogens is 2. The molecule has 0 aliphatic carbocycles. The van der Waals surface area contributed by atoms with Crippen LogP contribution in [-0.4, -0.2) is 27.0 Å². The van der Waals surface area contributed by atoms with Gasteiger partial charge in [0.2, 0.25) is 5.13 Å². The molecule has 1 aliphatic rings. The second-order valence-electron chi connectivity index (χ2n) is 7.28. The molecule has 1 atom stereocenters. The molecule has 0 saturated carbocycles. The number of benzene rings is 2. The van der Waals surface area contributed by atoms with Gasteiger partial charge in [-0.05, 0) is 25.8 Å². The molecule has 2 heterocycles. The normalized spacial score (nSPS) is 18.2. The van der Waals surface area contributed by atoms with Gasteiger partial charge in [0.15, 0.2) is 0 Å². The van der Waals surface area contributed by atoms with E-state index in [1.165, 1.54) is 16.2 Å². The lowest BCUT2D eigenvalue weighted by Gasteiger charge is -2.22. The number of carbonyl (C=O) groups excluding carboxylic acids is 2. The molecule has 30 heavy (non-hydrogen) atoms. The quantitative estimate of drug-likeness (QED) is 0.386. The van der Waals surface area contributed by atoms with Crippen molar-refractivity contribution in [2.75, 3.05) is 4.90 Å². The van der Waals surface area contributed by atoms with Gasteiger partial charge in [0.25, 0.3) is 5.78 Å². The van der Waals surface area contributed by atoms with Crippen molar-refractivity contribution in [3.05, 3.63) is 81.4 Å². The second kappa shape index (κ2) is 7.84. The van der Waals surface area contributed by atoms with Gasteiger partial charge in [0, 0.05) is 5.56 Å². The summed E-state index contributed by atoms with van der Waals surface area (Å²) in [5.74, 6) is -1.64. The first kappa shape index (κ1) is 20.0. The highest BCUT2D eigenvalue weighted by Crippen LogP contribution is 2.43. The summed E-state index contributed by atoms with van der Waals surface area (Å²) in [6.45, 7) is 5.86. The number of anilines is 1. The predicted octanol–water partition coefficient (Wildman–Crippen LogP) is 4.34. The fourth-order valence-corrected chi connectivity index (χ4v) is 4.25. The maximum absolute atomic E-state index is 13.0. The van der Waals surface area contributed by atoms with Crippen LogP contribution in [0.4, 0.5) is 5.13 Å². The Balaban J connectivity index is 1.92. The molecule has 2 aromatic carbocycles. The fourth-order valence-electron chi connectivity index (χ4n) is 3.45. The number of Topliss-reactive ketones (excluding diaryl/α,β-unsaturated/α-hetero) is 1. The van der Waals surface area contributed by atoms with Gasteiger partial charge in [-0.3, -0.25) is 14.5 Å². The summed E-state index contributed by atoms with van der Waals surface area (Å²) in [5, 5.41) is 20.4. The Morgan fingerprint density at radius 1 is 1.00 bits per heavy atom. The summed E-state index contributed by atoms with van der Waals surface area (Å²) >= 11 is 1.28. The fraction of sp³-hybridized carbons (Fsp3) is 0.217. The first-order valence-corrected chi connectivity index (χ1v) is 10.5. The van der Waals surface area contributed by atoms with Crippen molar-refractivity contribution in [1.29, 1.82) is 0 Å². The minimum absolute atomic E-state index is 0.0564. The molecule has 1 aromatic heterocycles. The minimum atomic E-state index is -0.774. The highest BCUT2D eigenvalue weighted by Gasteiger charge is 2.48. The Hall–Kier alpha value is -3.32. The van der Waals surface area contributed by atoms with Crippen LogP contribution < -0.4 is 4.90 Å². The molecule has 7 heteroatoms. The van der Waals surface area contributed by atoms with E-state index < -0.39 is 17.7 Å². The van der Waals surface area contributed by atoms with Crippen LogP contribution >= 0.6 is 11.3 Å². The third kappa shape index (κ3) is 3.41. The Bertz CT molecular complexity index is 1150. The van der Waals surface area contributed by atoms with Gasteiger partial charge in [0.05, 0.1) is 11.6 Å². The smallest absolute Gasteiger partial charge is 0.301 e. The summed E-state index contributed by atoms with van der Waals surface area (Å²) in [4.78, 5) is 27.4. The number of ketones is 1. The zero-order valence-electron chi connectivity index (χ0n) is 16.9. The van der Waals surface area contributed by atoms with Crippen molar-refractivity contribution in [2.24, 2.45) is 0 Å². The molecule has 152 valence electrons. The zero-order valence-corrected chi connectivity index (χ0v) is 17.7. The lowest BCUT2D eigenvalue weighted by atomic mass is 9.94. The van der Waals surface area contributed by atoms with E-state index in [4.69, 9.17) is 0 Å². The van der Waals surface area contributed by atoms with Crippen LogP contribution in [0, 0.1) is 13.8 Å². The van der Waals surface area contributed by atoms with Crippen LogP contribution in [-0.2, 0) is 16.0 Å². The summed E-state index contributed by atoms with van der Waals surface area (Å²) in [7, 11) is 0. The first-order valence-electron chi connectivity index (χ1n) is 9.67. The van der Waals surface area contributed by atoms with Gasteiger partial charge in [0.1, 0.15) is 10.8 Å². The van der Waals surface area contributed by atoms with Gasteiger partial charge in [-0.15, -0.1) is 10.2 Å². The molecular weight excluding hydrogens is 398 g/mol. The Morgan fingerprint density at radius 2 is 1.60 bits per heavy atom. The van der Waals surface area contributed by atoms with Crippen molar-refractivity contribution in [3.8, 4) is 0 Å². The monoisotopic (exact) mass is 419 g/mol. The standard InChI is InChI=1S/C23H21N3O3S/c1-4-17-24-25-23(30-17)26-19(15-9-5-13(2)6-10-15)18(21(28)22(26)29)20(27)16-11-7-14(3)8-12-16/h5-12,19,27H,4H2,1-3H3/b20-18+. The van der Waals surface area contributed by atoms with E-state index in [1.54, 1.807) is 12.1 Å². The predicted molar refractivity (Wildman–Crippen MR) is 116 cm³/mol. The molecule has 1 saturated heterocycles. The van der Waals surface area contributed by atoms with Crippen molar-refractivity contribution >= 4 is 33.9 Å². The summed E-state index contributed by atoms with van der Waals surface area (Å²) in [5.41, 5.74) is 3.35. The molecule has 0 radical (unpaired) electrons. The van der Waals surface area contributed by atoms with E-state index in [0.29, 0.717) is 17.1 Å². The third-order valence-corrected chi connectivity index (χ3v) is 6.19. The summed E-state index contributed by atoms with van der Waals surface area (Å²) < 4.78 is 0. The number of carbonyl (C=O) groups is 2. The van der Waals surface area contributed by atoms with E-state index >= 15 is 0 Å². The summed E-state index contributed by atoms with van der Waals surface area (Å²) in [6, 6.07) is 14.0. The van der Waals surface area contributed by atoms with E-state index in [0.717, 1.165) is 21.7 Å². The second-order valence-corrected chi connectivity index (χ2v) is 8.32. The molecule has 1 unspecified atom stereocenters. The number of nitrogens with zero attached hydrogens (tertiary/aromatic N) is 3. The number of hydrogen-bond acceptors (Lipinski definition) is 6. The number of hydrogen-bond donors (Lipinski definition) is 1. The topological polar surface area (TPSA) is 83.4 Å². The molecule has 1 fully saturated rings. The largest absolute Gasteiger partial charge is 0.507 e. The molecule has 1 aliphatic heterocycles. The van der Waals surface area contributed by atoms with Crippen molar-refractivity contribution in [1.82, 2.24) is 10.2 Å². The van der Waals surface area contributed by atoms with Crippen molar-refractivity contribution in [2.45, 2.75) is 33.2 Å². The molecule has 3 aromatic rings. The molecular formula is C23H21N3O3S. The van der Waals surface area contributed by atoms with E-state index in [2.05, 4.69) is 10.2 Å². The molecule has 1 amide bonds. The molecule has 1 N–H and O–H groups in total. The van der Waals surface area contributed by atoms with E-state index in [-0.39, 0.29) is 11.3 Å². The molecule has 4 rings (SSSR count). The molecule has 0 spiro atoms. The highest BCUT2D eigenvalue weighted by molar-refractivity contribution is 7.15. The van der Waals surface area contributed by atoms with Crippen molar-refractivity contribution < 1.29 is 14.7 Å². The van der Waals surface area contributed by atoms with Crippen LogP contribution in [0.3, 0.4) is 0 Å². The van der Waals surface area contributed by atoms with Gasteiger partial charge < -0.3 is 5.11 Å². The molecule has 6 nitrogen and oxygen atoms in total. The van der Waals surface area contributed by atoms with Crippen LogP contribution in [0.2, 0.25) is 0 Å².